The number of anilines is 1. The van der Waals surface area contributed by atoms with Gasteiger partial charge in [-0.15, -0.1) is 0 Å². The molecule has 1 aromatic heterocycles. The van der Waals surface area contributed by atoms with Crippen LogP contribution >= 0.6 is 0 Å². The first kappa shape index (κ1) is 12.6. The van der Waals surface area contributed by atoms with Gasteiger partial charge >= 0.3 is 0 Å². The van der Waals surface area contributed by atoms with E-state index in [4.69, 9.17) is 10.5 Å². The Morgan fingerprint density at radius 2 is 1.89 bits per heavy atom. The first-order valence-electron chi connectivity index (χ1n) is 6.02. The Bertz CT molecular complexity index is 529. The van der Waals surface area contributed by atoms with E-state index in [0.29, 0.717) is 6.61 Å². The number of aryl methyl sites for hydroxylation is 1. The second-order valence-corrected chi connectivity index (χ2v) is 4.38. The molecule has 0 aliphatic carbocycles. The Balaban J connectivity index is 2.38. The highest BCUT2D eigenvalue weighted by Crippen LogP contribution is 2.27. The average molecular weight is 245 g/mol. The first-order chi connectivity index (χ1) is 8.63. The predicted octanol–water partition coefficient (Wildman–Crippen LogP) is 2.40. The molecule has 0 bridgehead atoms. The summed E-state index contributed by atoms with van der Waals surface area (Å²) in [4.78, 5) is 0. The van der Waals surface area contributed by atoms with E-state index in [2.05, 4.69) is 12.0 Å². The van der Waals surface area contributed by atoms with Gasteiger partial charge in [0.2, 0.25) is 0 Å². The molecule has 0 fully saturated rings. The molecular weight excluding hydrogens is 226 g/mol. The molecule has 0 aliphatic heterocycles. The summed E-state index contributed by atoms with van der Waals surface area (Å²) in [7, 11) is 1.70. The molecule has 0 unspecified atom stereocenters. The normalized spacial score (nSPS) is 10.8. The summed E-state index contributed by atoms with van der Waals surface area (Å²) in [6, 6.07) is 7.90. The van der Waals surface area contributed by atoms with Crippen molar-refractivity contribution in [1.29, 1.82) is 0 Å². The molecule has 0 amide bonds. The summed E-state index contributed by atoms with van der Waals surface area (Å²) in [6.45, 7) is 5.56. The van der Waals surface area contributed by atoms with E-state index in [1.807, 2.05) is 35.9 Å². The molecule has 0 saturated heterocycles. The number of methoxy groups -OCH3 is 1. The van der Waals surface area contributed by atoms with Gasteiger partial charge in [0.25, 0.3) is 0 Å². The molecule has 2 rings (SSSR count). The largest absolute Gasteiger partial charge is 0.399 e. The monoisotopic (exact) mass is 245 g/mol. The van der Waals surface area contributed by atoms with Crippen molar-refractivity contribution in [2.45, 2.75) is 20.4 Å². The second kappa shape index (κ2) is 5.23. The number of hydrogen-bond acceptors (Lipinski definition) is 3. The van der Waals surface area contributed by atoms with E-state index in [9.17, 15) is 0 Å². The van der Waals surface area contributed by atoms with Crippen LogP contribution < -0.4 is 5.73 Å². The fourth-order valence-corrected chi connectivity index (χ4v) is 2.16. The molecule has 0 spiro atoms. The number of ether oxygens (including phenoxy) is 1. The molecule has 1 aromatic carbocycles. The van der Waals surface area contributed by atoms with Gasteiger partial charge in [-0.2, -0.15) is 5.10 Å². The number of nitrogens with zero attached hydrogens (tertiary/aromatic N) is 2. The highest BCUT2D eigenvalue weighted by Gasteiger charge is 2.12. The zero-order valence-electron chi connectivity index (χ0n) is 11.1. The molecule has 4 heteroatoms. The van der Waals surface area contributed by atoms with Gasteiger partial charge in [0.1, 0.15) is 0 Å². The molecule has 4 nitrogen and oxygen atoms in total. The minimum atomic E-state index is 0.670. The molecule has 2 aromatic rings. The lowest BCUT2D eigenvalue weighted by atomic mass is 10.0. The van der Waals surface area contributed by atoms with Crippen LogP contribution in [0.2, 0.25) is 0 Å². The molecule has 0 saturated carbocycles. The first-order valence-corrected chi connectivity index (χ1v) is 6.02. The Hall–Kier alpha value is -1.81. The quantitative estimate of drug-likeness (QED) is 0.841. The van der Waals surface area contributed by atoms with Crippen LogP contribution in [0.5, 0.6) is 0 Å². The highest BCUT2D eigenvalue weighted by molar-refractivity contribution is 5.69. The summed E-state index contributed by atoms with van der Waals surface area (Å²) < 4.78 is 7.08. The Morgan fingerprint density at radius 1 is 1.22 bits per heavy atom. The van der Waals surface area contributed by atoms with Crippen LogP contribution in [-0.4, -0.2) is 23.5 Å². The van der Waals surface area contributed by atoms with Crippen molar-refractivity contribution in [3.63, 3.8) is 0 Å². The van der Waals surface area contributed by atoms with Crippen molar-refractivity contribution in [2.24, 2.45) is 0 Å². The van der Waals surface area contributed by atoms with Gasteiger partial charge in [-0.25, -0.2) is 0 Å². The minimum Gasteiger partial charge on any atom is -0.399 e. The summed E-state index contributed by atoms with van der Waals surface area (Å²) in [6.07, 6.45) is 0. The van der Waals surface area contributed by atoms with E-state index >= 15 is 0 Å². The molecule has 1 heterocycles. The number of rotatable bonds is 4. The Kier molecular flexibility index (Phi) is 3.67. The van der Waals surface area contributed by atoms with E-state index < -0.39 is 0 Å². The summed E-state index contributed by atoms with van der Waals surface area (Å²) in [5, 5.41) is 4.55. The minimum absolute atomic E-state index is 0.670. The lowest BCUT2D eigenvalue weighted by Gasteiger charge is -2.05. The van der Waals surface area contributed by atoms with Crippen molar-refractivity contribution in [3.8, 4) is 11.1 Å². The van der Waals surface area contributed by atoms with Gasteiger partial charge in [-0.1, -0.05) is 12.1 Å². The van der Waals surface area contributed by atoms with Crippen LogP contribution in [0.15, 0.2) is 24.3 Å². The molecule has 96 valence electrons. The number of hydrogen-bond donors (Lipinski definition) is 1. The number of aromatic nitrogens is 2. The molecule has 2 N–H and O–H groups in total. The summed E-state index contributed by atoms with van der Waals surface area (Å²) >= 11 is 0. The predicted molar refractivity (Wildman–Crippen MR) is 73.4 cm³/mol. The standard InChI is InChI=1S/C14H19N3O/c1-10-14(12-4-6-13(15)7-5-12)11(2)17(16-10)8-9-18-3/h4-7H,8-9,15H2,1-3H3. The Labute approximate surface area is 107 Å². The van der Waals surface area contributed by atoms with Crippen molar-refractivity contribution >= 4 is 5.69 Å². The lowest BCUT2D eigenvalue weighted by molar-refractivity contribution is 0.182. The van der Waals surface area contributed by atoms with Crippen molar-refractivity contribution < 1.29 is 4.74 Å². The van der Waals surface area contributed by atoms with Gasteiger partial charge in [0.05, 0.1) is 18.8 Å². The van der Waals surface area contributed by atoms with Crippen LogP contribution in [0.4, 0.5) is 5.69 Å². The molecule has 18 heavy (non-hydrogen) atoms. The maximum absolute atomic E-state index is 5.71. The lowest BCUT2D eigenvalue weighted by Crippen LogP contribution is -2.07. The van der Waals surface area contributed by atoms with Crippen LogP contribution in [-0.2, 0) is 11.3 Å². The molecule has 0 aliphatic rings. The van der Waals surface area contributed by atoms with Gasteiger partial charge < -0.3 is 10.5 Å². The van der Waals surface area contributed by atoms with Crippen LogP contribution in [0.3, 0.4) is 0 Å². The topological polar surface area (TPSA) is 53.1 Å². The fourth-order valence-electron chi connectivity index (χ4n) is 2.16. The zero-order chi connectivity index (χ0) is 13.1. The van der Waals surface area contributed by atoms with E-state index in [0.717, 1.165) is 29.2 Å². The van der Waals surface area contributed by atoms with Crippen molar-refractivity contribution in [1.82, 2.24) is 9.78 Å². The van der Waals surface area contributed by atoms with Crippen molar-refractivity contribution in [3.05, 3.63) is 35.7 Å². The fraction of sp³-hybridized carbons (Fsp3) is 0.357. The highest BCUT2D eigenvalue weighted by atomic mass is 16.5. The van der Waals surface area contributed by atoms with E-state index in [-0.39, 0.29) is 0 Å². The van der Waals surface area contributed by atoms with Crippen molar-refractivity contribution in [2.75, 3.05) is 19.5 Å². The number of nitrogen functional groups attached to an aromatic ring is 1. The van der Waals surface area contributed by atoms with Crippen LogP contribution in [0.25, 0.3) is 11.1 Å². The number of benzene rings is 1. The molecular formula is C14H19N3O. The average Bonchev–Trinajstić information content (AvgIpc) is 2.63. The molecule has 0 radical (unpaired) electrons. The molecule has 0 atom stereocenters. The third-order valence-corrected chi connectivity index (χ3v) is 3.09. The van der Waals surface area contributed by atoms with E-state index in [1.165, 1.54) is 5.56 Å². The van der Waals surface area contributed by atoms with Gasteiger partial charge in [-0.3, -0.25) is 4.68 Å². The van der Waals surface area contributed by atoms with Crippen LogP contribution in [0, 0.1) is 13.8 Å². The van der Waals surface area contributed by atoms with E-state index in [1.54, 1.807) is 7.11 Å². The Morgan fingerprint density at radius 3 is 2.50 bits per heavy atom. The van der Waals surface area contributed by atoms with Crippen LogP contribution in [0.1, 0.15) is 11.4 Å². The second-order valence-electron chi connectivity index (χ2n) is 4.38. The zero-order valence-corrected chi connectivity index (χ0v) is 11.1. The number of nitrogens with two attached hydrogens (primary N) is 1. The summed E-state index contributed by atoms with van der Waals surface area (Å²) in [5.74, 6) is 0. The maximum atomic E-state index is 5.71. The van der Waals surface area contributed by atoms with Gasteiger partial charge in [0.15, 0.2) is 0 Å². The summed E-state index contributed by atoms with van der Waals surface area (Å²) in [5.41, 5.74) is 11.0. The maximum Gasteiger partial charge on any atom is 0.0674 e. The third-order valence-electron chi connectivity index (χ3n) is 3.09. The smallest absolute Gasteiger partial charge is 0.0674 e. The third kappa shape index (κ3) is 2.38. The SMILES string of the molecule is COCCn1nc(C)c(-c2ccc(N)cc2)c1C. The van der Waals surface area contributed by atoms with Gasteiger partial charge in [-0.05, 0) is 31.5 Å². The van der Waals surface area contributed by atoms with Gasteiger partial charge in [0, 0.05) is 24.1 Å².